The molecule has 0 spiro atoms. The van der Waals surface area contributed by atoms with Crippen LogP contribution in [0.25, 0.3) is 11.6 Å². The van der Waals surface area contributed by atoms with Crippen LogP contribution in [-0.2, 0) is 23.3 Å². The molecule has 2 heterocycles. The molecule has 5 heteroatoms. The van der Waals surface area contributed by atoms with Crippen LogP contribution in [0.5, 0.6) is 0 Å². The molecule has 2 aromatic rings. The first-order valence-electron chi connectivity index (χ1n) is 11.8. The van der Waals surface area contributed by atoms with Crippen molar-refractivity contribution < 1.29 is 14.3 Å². The first-order chi connectivity index (χ1) is 15.5. The average molecular weight is 433 g/mol. The Morgan fingerprint density at radius 3 is 2.56 bits per heavy atom. The van der Waals surface area contributed by atoms with Crippen LogP contribution in [0.3, 0.4) is 0 Å². The molecule has 3 fully saturated rings. The molecule has 0 unspecified atom stereocenters. The molecule has 4 nitrogen and oxygen atoms in total. The highest BCUT2D eigenvalue weighted by molar-refractivity contribution is 5.89. The van der Waals surface area contributed by atoms with Crippen LogP contribution in [0.2, 0.25) is 0 Å². The number of allylic oxidation sites excluding steroid dienone is 1. The van der Waals surface area contributed by atoms with E-state index in [9.17, 15) is 4.79 Å². The molecule has 2 aromatic carbocycles. The number of carboxylic acid groups (broad SMARTS) is 1. The van der Waals surface area contributed by atoms with Gasteiger partial charge in [0.1, 0.15) is 5.82 Å². The van der Waals surface area contributed by atoms with Gasteiger partial charge >= 0.3 is 5.97 Å². The number of halogens is 1. The molecule has 1 saturated carbocycles. The van der Waals surface area contributed by atoms with Gasteiger partial charge in [-0.3, -0.25) is 14.6 Å². The molecular weight excluding hydrogens is 403 g/mol. The summed E-state index contributed by atoms with van der Waals surface area (Å²) >= 11 is 0. The zero-order valence-corrected chi connectivity index (χ0v) is 18.3. The van der Waals surface area contributed by atoms with Crippen molar-refractivity contribution in [2.24, 2.45) is 5.92 Å². The van der Waals surface area contributed by atoms with E-state index in [-0.39, 0.29) is 17.3 Å². The van der Waals surface area contributed by atoms with E-state index >= 15 is 4.39 Å². The van der Waals surface area contributed by atoms with Gasteiger partial charge in [-0.25, -0.2) is 4.39 Å². The Morgan fingerprint density at radius 2 is 1.88 bits per heavy atom. The summed E-state index contributed by atoms with van der Waals surface area (Å²) in [6, 6.07) is 12.4. The lowest BCUT2D eigenvalue weighted by molar-refractivity contribution is -0.147. The van der Waals surface area contributed by atoms with Crippen molar-refractivity contribution in [3.8, 4) is 0 Å². The third kappa shape index (κ3) is 3.39. The van der Waals surface area contributed by atoms with Crippen LogP contribution in [0.15, 0.2) is 36.4 Å². The minimum Gasteiger partial charge on any atom is -0.481 e. The molecule has 2 saturated heterocycles. The molecule has 2 aliphatic heterocycles. The second kappa shape index (κ2) is 7.53. The molecule has 0 atom stereocenters. The Hall–Kier alpha value is -2.50. The van der Waals surface area contributed by atoms with E-state index in [0.717, 1.165) is 17.6 Å². The first-order valence-corrected chi connectivity index (χ1v) is 11.8. The highest BCUT2D eigenvalue weighted by atomic mass is 19.1. The van der Waals surface area contributed by atoms with E-state index in [0.29, 0.717) is 25.2 Å². The highest BCUT2D eigenvalue weighted by Gasteiger charge is 2.50. The number of carbonyl (C=O) groups is 1. The van der Waals surface area contributed by atoms with Gasteiger partial charge in [-0.05, 0) is 85.2 Å². The van der Waals surface area contributed by atoms with Crippen molar-refractivity contribution in [3.05, 3.63) is 70.0 Å². The molecule has 0 radical (unpaired) electrons. The number of likely N-dealkylation sites (tertiary alicyclic amines) is 2. The van der Waals surface area contributed by atoms with Gasteiger partial charge < -0.3 is 5.11 Å². The number of fused-ring (bicyclic) bond motifs is 1. The summed E-state index contributed by atoms with van der Waals surface area (Å²) in [6.45, 7) is 4.11. The summed E-state index contributed by atoms with van der Waals surface area (Å²) in [5, 5.41) is 9.02. The van der Waals surface area contributed by atoms with E-state index in [2.05, 4.69) is 29.2 Å². The lowest BCUT2D eigenvalue weighted by Gasteiger charge is -2.36. The summed E-state index contributed by atoms with van der Waals surface area (Å²) < 4.78 is 15.0. The molecule has 6 rings (SSSR count). The van der Waals surface area contributed by atoms with Gasteiger partial charge in [0.2, 0.25) is 0 Å². The molecule has 0 amide bonds. The van der Waals surface area contributed by atoms with Gasteiger partial charge in [0.05, 0.1) is 5.92 Å². The van der Waals surface area contributed by atoms with Gasteiger partial charge in [0, 0.05) is 30.7 Å². The third-order valence-corrected chi connectivity index (χ3v) is 7.92. The number of hydrogen-bond donors (Lipinski definition) is 1. The normalized spacial score (nSPS) is 22.5. The number of rotatable bonds is 6. The maximum Gasteiger partial charge on any atom is 0.309 e. The van der Waals surface area contributed by atoms with E-state index in [4.69, 9.17) is 5.11 Å². The van der Waals surface area contributed by atoms with Crippen LogP contribution >= 0.6 is 0 Å². The fraction of sp³-hybridized carbons (Fsp3) is 0.444. The minimum absolute atomic E-state index is 0.187. The van der Waals surface area contributed by atoms with Gasteiger partial charge in [0.15, 0.2) is 0 Å². The van der Waals surface area contributed by atoms with Crippen LogP contribution in [0.1, 0.15) is 53.5 Å². The fourth-order valence-electron chi connectivity index (χ4n) is 5.88. The number of nitrogens with zero attached hydrogens (tertiary/aromatic N) is 2. The van der Waals surface area contributed by atoms with Crippen LogP contribution < -0.4 is 0 Å². The lowest BCUT2D eigenvalue weighted by Crippen LogP contribution is -2.49. The van der Waals surface area contributed by atoms with Gasteiger partial charge in [-0.15, -0.1) is 0 Å². The number of benzene rings is 2. The van der Waals surface area contributed by atoms with Crippen LogP contribution in [0, 0.1) is 11.7 Å². The maximum absolute atomic E-state index is 15.0. The second-order valence-corrected chi connectivity index (χ2v) is 10.0. The zero-order valence-electron chi connectivity index (χ0n) is 18.3. The summed E-state index contributed by atoms with van der Waals surface area (Å²) in [5.74, 6) is -1.22. The highest BCUT2D eigenvalue weighted by Crippen LogP contribution is 2.53. The Morgan fingerprint density at radius 1 is 1.09 bits per heavy atom. The average Bonchev–Trinajstić information content (AvgIpc) is 3.17. The van der Waals surface area contributed by atoms with Crippen LogP contribution in [0.4, 0.5) is 4.39 Å². The first kappa shape index (κ1) is 20.1. The molecule has 0 bridgehead atoms. The second-order valence-electron chi connectivity index (χ2n) is 10.0. The largest absolute Gasteiger partial charge is 0.481 e. The topological polar surface area (TPSA) is 43.8 Å². The molecule has 1 N–H and O–H groups in total. The summed E-state index contributed by atoms with van der Waals surface area (Å²) in [6.07, 6.45) is 8.07. The van der Waals surface area contributed by atoms with Gasteiger partial charge in [-0.1, -0.05) is 30.3 Å². The molecular formula is C27H29FN2O2. The zero-order chi connectivity index (χ0) is 21.9. The van der Waals surface area contributed by atoms with E-state index in [1.165, 1.54) is 55.5 Å². The minimum atomic E-state index is -0.744. The van der Waals surface area contributed by atoms with Crippen LogP contribution in [-0.4, -0.2) is 47.1 Å². The smallest absolute Gasteiger partial charge is 0.309 e. The lowest BCUT2D eigenvalue weighted by atomic mass is 9.97. The number of carboxylic acids is 1. The van der Waals surface area contributed by atoms with E-state index in [1.807, 2.05) is 17.0 Å². The summed E-state index contributed by atoms with van der Waals surface area (Å²) in [4.78, 5) is 15.7. The Labute approximate surface area is 188 Å². The monoisotopic (exact) mass is 432 g/mol. The van der Waals surface area contributed by atoms with Gasteiger partial charge in [-0.2, -0.15) is 0 Å². The van der Waals surface area contributed by atoms with Crippen molar-refractivity contribution in [2.75, 3.05) is 26.2 Å². The summed E-state index contributed by atoms with van der Waals surface area (Å²) in [7, 11) is 0. The molecule has 32 heavy (non-hydrogen) atoms. The predicted molar refractivity (Wildman–Crippen MR) is 123 cm³/mol. The van der Waals surface area contributed by atoms with Crippen molar-refractivity contribution in [1.29, 1.82) is 0 Å². The standard InChI is InChI=1S/C27H29FN2O2/c28-25-11-18(15-29-16-22(17-29)26(31)32)3-6-24(25)21-12-19-4-5-23(14-20(19)13-21)27(7-8-27)30-9-1-2-10-30/h3-6,11,13-14,22H,1-2,7-10,12,15-17H2,(H,31,32). The predicted octanol–water partition coefficient (Wildman–Crippen LogP) is 4.52. The maximum atomic E-state index is 15.0. The third-order valence-electron chi connectivity index (χ3n) is 7.92. The number of aliphatic carboxylic acids is 1. The molecule has 4 aliphatic rings. The van der Waals surface area contributed by atoms with Gasteiger partial charge in [0.25, 0.3) is 0 Å². The van der Waals surface area contributed by atoms with Crippen molar-refractivity contribution in [2.45, 2.75) is 44.2 Å². The molecule has 0 aromatic heterocycles. The van der Waals surface area contributed by atoms with Crippen molar-refractivity contribution >= 4 is 17.6 Å². The van der Waals surface area contributed by atoms with Crippen molar-refractivity contribution in [3.63, 3.8) is 0 Å². The Bertz CT molecular complexity index is 1110. The number of hydrogen-bond acceptors (Lipinski definition) is 3. The quantitative estimate of drug-likeness (QED) is 0.729. The van der Waals surface area contributed by atoms with E-state index < -0.39 is 5.97 Å². The SMILES string of the molecule is O=C(O)C1CN(Cc2ccc(C3=Cc4cc(C5(N6CCCC6)CC5)ccc4C3)c(F)c2)C1. The van der Waals surface area contributed by atoms with E-state index in [1.54, 1.807) is 6.07 Å². The Kier molecular flexibility index (Phi) is 4.74. The van der Waals surface area contributed by atoms with Crippen molar-refractivity contribution in [1.82, 2.24) is 9.80 Å². The summed E-state index contributed by atoms with van der Waals surface area (Å²) in [5.41, 5.74) is 6.83. The fourth-order valence-corrected chi connectivity index (χ4v) is 5.88. The molecule has 166 valence electrons. The Balaban J connectivity index is 1.19. The molecule has 2 aliphatic carbocycles.